The molecule has 140 valence electrons. The Kier molecular flexibility index (Phi) is 5.52. The summed E-state index contributed by atoms with van der Waals surface area (Å²) in [5.74, 6) is 1.04. The number of benzene rings is 4. The van der Waals surface area contributed by atoms with E-state index < -0.39 is 7.60 Å². The quantitative estimate of drug-likeness (QED) is 0.285. The lowest BCUT2D eigenvalue weighted by molar-refractivity contribution is 0.384. The molecule has 3 nitrogen and oxygen atoms in total. The summed E-state index contributed by atoms with van der Waals surface area (Å²) in [6, 6.07) is 30.3. The minimum Gasteiger partial charge on any atom is -0.416 e. The summed E-state index contributed by atoms with van der Waals surface area (Å²) >= 11 is 3.49. The maximum absolute atomic E-state index is 13.7. The second-order valence-corrected chi connectivity index (χ2v) is 9.22. The van der Waals surface area contributed by atoms with Crippen LogP contribution in [0, 0.1) is 0 Å². The normalized spacial score (nSPS) is 11.3. The van der Waals surface area contributed by atoms with Crippen molar-refractivity contribution in [1.82, 2.24) is 0 Å². The van der Waals surface area contributed by atoms with E-state index in [0.29, 0.717) is 11.5 Å². The van der Waals surface area contributed by atoms with Gasteiger partial charge >= 0.3 is 7.60 Å². The van der Waals surface area contributed by atoms with Gasteiger partial charge in [-0.05, 0) is 52.7 Å². The summed E-state index contributed by atoms with van der Waals surface area (Å²) < 4.78 is 26.4. The van der Waals surface area contributed by atoms with Crippen LogP contribution >= 0.6 is 23.5 Å². The third-order valence-electron chi connectivity index (χ3n) is 4.22. The van der Waals surface area contributed by atoms with Crippen molar-refractivity contribution in [2.24, 2.45) is 0 Å². The fourth-order valence-corrected chi connectivity index (χ4v) is 5.03. The summed E-state index contributed by atoms with van der Waals surface area (Å²) in [5.41, 5.74) is 0.894. The molecule has 0 bridgehead atoms. The molecular formula is C23H18BrO3P. The van der Waals surface area contributed by atoms with E-state index in [1.54, 1.807) is 24.3 Å². The van der Waals surface area contributed by atoms with Crippen LogP contribution in [-0.4, -0.2) is 0 Å². The molecule has 5 heteroatoms. The SMILES string of the molecule is O=P(Cc1ccc2cc(Br)ccc2c1)(Oc1ccccc1)Oc1ccccc1. The van der Waals surface area contributed by atoms with Crippen LogP contribution in [0.15, 0.2) is 102 Å². The zero-order chi connectivity index (χ0) is 19.4. The molecule has 0 aliphatic heterocycles. The summed E-state index contributed by atoms with van der Waals surface area (Å²) in [7, 11) is -3.48. The number of rotatable bonds is 6. The Morgan fingerprint density at radius 2 is 1.21 bits per heavy atom. The largest absolute Gasteiger partial charge is 0.435 e. The number of halogens is 1. The Morgan fingerprint density at radius 1 is 0.679 bits per heavy atom. The van der Waals surface area contributed by atoms with Crippen molar-refractivity contribution in [1.29, 1.82) is 0 Å². The molecule has 0 aromatic heterocycles. The molecule has 0 atom stereocenters. The van der Waals surface area contributed by atoms with Crippen molar-refractivity contribution >= 4 is 34.3 Å². The van der Waals surface area contributed by atoms with Gasteiger partial charge in [0.25, 0.3) is 0 Å². The van der Waals surface area contributed by atoms with Crippen LogP contribution < -0.4 is 9.05 Å². The number of hydrogen-bond acceptors (Lipinski definition) is 3. The lowest BCUT2D eigenvalue weighted by Gasteiger charge is -2.20. The van der Waals surface area contributed by atoms with Gasteiger partial charge in [-0.25, -0.2) is 4.57 Å². The van der Waals surface area contributed by atoms with Crippen molar-refractivity contribution in [3.8, 4) is 11.5 Å². The van der Waals surface area contributed by atoms with E-state index in [2.05, 4.69) is 22.0 Å². The van der Waals surface area contributed by atoms with E-state index in [4.69, 9.17) is 9.05 Å². The third-order valence-corrected chi connectivity index (χ3v) is 6.44. The first-order valence-electron chi connectivity index (χ1n) is 8.86. The molecule has 28 heavy (non-hydrogen) atoms. The van der Waals surface area contributed by atoms with Crippen LogP contribution in [0.5, 0.6) is 11.5 Å². The number of fused-ring (bicyclic) bond motifs is 1. The molecular weight excluding hydrogens is 435 g/mol. The predicted octanol–water partition coefficient (Wildman–Crippen LogP) is 7.45. The summed E-state index contributed by atoms with van der Waals surface area (Å²) in [4.78, 5) is 0. The maximum Gasteiger partial charge on any atom is 0.435 e. The molecule has 0 aliphatic rings. The molecule has 0 N–H and O–H groups in total. The van der Waals surface area contributed by atoms with Crippen LogP contribution in [0.3, 0.4) is 0 Å². The highest BCUT2D eigenvalue weighted by Crippen LogP contribution is 2.51. The van der Waals surface area contributed by atoms with Gasteiger partial charge in [0.2, 0.25) is 0 Å². The standard InChI is InChI=1S/C23H18BrO3P/c24-21-14-13-19-15-18(11-12-20(19)16-21)17-28(25,26-22-7-3-1-4-8-22)27-23-9-5-2-6-10-23/h1-16H,17H2. The molecule has 0 aliphatic carbocycles. The molecule has 0 amide bonds. The molecule has 0 saturated carbocycles. The summed E-state index contributed by atoms with van der Waals surface area (Å²) in [6.45, 7) is 0. The summed E-state index contributed by atoms with van der Waals surface area (Å²) in [6.07, 6.45) is 0.169. The first-order valence-corrected chi connectivity index (χ1v) is 11.4. The first-order chi connectivity index (χ1) is 13.6. The third kappa shape index (κ3) is 4.64. The molecule has 0 unspecified atom stereocenters. The monoisotopic (exact) mass is 452 g/mol. The average molecular weight is 453 g/mol. The van der Waals surface area contributed by atoms with Crippen molar-refractivity contribution < 1.29 is 13.6 Å². The van der Waals surface area contributed by atoms with Crippen molar-refractivity contribution in [2.45, 2.75) is 6.16 Å². The molecule has 0 radical (unpaired) electrons. The van der Waals surface area contributed by atoms with Crippen LogP contribution in [0.2, 0.25) is 0 Å². The van der Waals surface area contributed by atoms with Gasteiger partial charge in [0, 0.05) is 4.47 Å². The summed E-state index contributed by atoms with van der Waals surface area (Å²) in [5, 5.41) is 2.19. The van der Waals surface area contributed by atoms with Gasteiger partial charge in [-0.3, -0.25) is 0 Å². The maximum atomic E-state index is 13.7. The van der Waals surface area contributed by atoms with E-state index in [1.165, 1.54) is 0 Å². The van der Waals surface area contributed by atoms with Crippen molar-refractivity contribution in [2.75, 3.05) is 0 Å². The zero-order valence-corrected chi connectivity index (χ0v) is 17.5. The van der Waals surface area contributed by atoms with Crippen molar-refractivity contribution in [3.63, 3.8) is 0 Å². The molecule has 4 rings (SSSR count). The van der Waals surface area contributed by atoms with E-state index in [-0.39, 0.29) is 6.16 Å². The Morgan fingerprint density at radius 3 is 1.82 bits per heavy atom. The van der Waals surface area contributed by atoms with Crippen LogP contribution in [0.1, 0.15) is 5.56 Å². The van der Waals surface area contributed by atoms with E-state index in [9.17, 15) is 4.57 Å². The second kappa shape index (κ2) is 8.22. The van der Waals surface area contributed by atoms with E-state index in [0.717, 1.165) is 20.8 Å². The van der Waals surface area contributed by atoms with Crippen LogP contribution in [0.4, 0.5) is 0 Å². The average Bonchev–Trinajstić information content (AvgIpc) is 2.69. The Hall–Kier alpha value is -2.55. The Labute approximate surface area is 172 Å². The fraction of sp³-hybridized carbons (Fsp3) is 0.0435. The second-order valence-electron chi connectivity index (χ2n) is 6.40. The molecule has 0 heterocycles. The van der Waals surface area contributed by atoms with Gasteiger partial charge in [-0.1, -0.05) is 76.6 Å². The highest BCUT2D eigenvalue weighted by molar-refractivity contribution is 9.10. The minimum atomic E-state index is -3.48. The van der Waals surface area contributed by atoms with Gasteiger partial charge in [0.05, 0.1) is 6.16 Å². The number of para-hydroxylation sites is 2. The molecule has 0 fully saturated rings. The predicted molar refractivity (Wildman–Crippen MR) is 117 cm³/mol. The van der Waals surface area contributed by atoms with Crippen molar-refractivity contribution in [3.05, 3.63) is 107 Å². The zero-order valence-electron chi connectivity index (χ0n) is 15.0. The van der Waals surface area contributed by atoms with Gasteiger partial charge in [0.15, 0.2) is 0 Å². The topological polar surface area (TPSA) is 35.5 Å². The van der Waals surface area contributed by atoms with Gasteiger partial charge < -0.3 is 9.05 Å². The molecule has 0 spiro atoms. The van der Waals surface area contributed by atoms with E-state index in [1.807, 2.05) is 66.7 Å². The van der Waals surface area contributed by atoms with E-state index >= 15 is 0 Å². The molecule has 4 aromatic carbocycles. The Balaban J connectivity index is 1.66. The smallest absolute Gasteiger partial charge is 0.416 e. The first kappa shape index (κ1) is 18.8. The number of hydrogen-bond donors (Lipinski definition) is 0. The highest BCUT2D eigenvalue weighted by Gasteiger charge is 2.29. The van der Waals surface area contributed by atoms with Crippen LogP contribution in [0.25, 0.3) is 10.8 Å². The van der Waals surface area contributed by atoms with Gasteiger partial charge in [-0.15, -0.1) is 0 Å². The lowest BCUT2D eigenvalue weighted by atomic mass is 10.1. The minimum absolute atomic E-state index is 0.169. The molecule has 4 aromatic rings. The van der Waals surface area contributed by atoms with Gasteiger partial charge in [-0.2, -0.15) is 0 Å². The molecule has 0 saturated heterocycles. The fourth-order valence-electron chi connectivity index (χ4n) is 2.96. The van der Waals surface area contributed by atoms with Crippen LogP contribution in [-0.2, 0) is 10.7 Å². The Bertz CT molecular complexity index is 1080. The lowest BCUT2D eigenvalue weighted by Crippen LogP contribution is -2.04. The van der Waals surface area contributed by atoms with Gasteiger partial charge in [0.1, 0.15) is 11.5 Å². The highest BCUT2D eigenvalue weighted by atomic mass is 79.9.